The van der Waals surface area contributed by atoms with Crippen LogP contribution < -0.4 is 26.5 Å². The van der Waals surface area contributed by atoms with Gasteiger partial charge in [-0.05, 0) is 0 Å². The molecule has 3 amide bonds. The summed E-state index contributed by atoms with van der Waals surface area (Å²) in [4.78, 5) is 36.0. The standard InChI is InChI=1S/3C10H10NO.Sb/c3*1-8(2)10(12)11-9-6-4-3-5-7-9;/h3*4-7H,1H2,2H3,(H,11,12);. The average molecular weight is 602 g/mol. The molecular formula is C30H30N3O3Sb. The van der Waals surface area contributed by atoms with E-state index in [1.165, 1.54) is 10.5 Å². The van der Waals surface area contributed by atoms with E-state index in [0.717, 1.165) is 0 Å². The van der Waals surface area contributed by atoms with Gasteiger partial charge in [0.15, 0.2) is 0 Å². The number of nitrogens with one attached hydrogen (secondary N) is 3. The van der Waals surface area contributed by atoms with E-state index in [4.69, 9.17) is 0 Å². The van der Waals surface area contributed by atoms with Crippen molar-refractivity contribution in [1.82, 2.24) is 0 Å². The Bertz CT molecular complexity index is 1190. The van der Waals surface area contributed by atoms with Crippen LogP contribution in [0.1, 0.15) is 20.8 Å². The molecule has 37 heavy (non-hydrogen) atoms. The molecule has 0 unspecified atom stereocenters. The minimum atomic E-state index is -2.50. The number of amides is 3. The first-order chi connectivity index (χ1) is 17.5. The molecule has 0 aliphatic rings. The predicted octanol–water partition coefficient (Wildman–Crippen LogP) is 3.75. The van der Waals surface area contributed by atoms with Crippen LogP contribution in [0.15, 0.2) is 109 Å². The molecule has 3 N–H and O–H groups in total. The second kappa shape index (κ2) is 12.4. The molecule has 0 aliphatic heterocycles. The topological polar surface area (TPSA) is 87.3 Å². The second-order valence-electron chi connectivity index (χ2n) is 8.68. The number of carbonyl (C=O) groups excluding carboxylic acids is 3. The van der Waals surface area contributed by atoms with Gasteiger partial charge in [-0.25, -0.2) is 0 Å². The van der Waals surface area contributed by atoms with Gasteiger partial charge in [-0.3, -0.25) is 0 Å². The van der Waals surface area contributed by atoms with Crippen LogP contribution >= 0.6 is 0 Å². The number of carbonyl (C=O) groups is 3. The number of benzene rings is 3. The molecular weight excluding hydrogens is 572 g/mol. The van der Waals surface area contributed by atoms with Crippen LogP contribution in [0.2, 0.25) is 0 Å². The SMILES string of the molecule is C=C(C)C(=O)Nc1cc[c]([Sb]([c]2ccc(NC(=O)C(=C)C)cc2)[c]2ccc(NC(=O)C(=C)C)cc2)cc1. The summed E-state index contributed by atoms with van der Waals surface area (Å²) in [5, 5.41) is 8.53. The number of hydrogen-bond acceptors (Lipinski definition) is 3. The van der Waals surface area contributed by atoms with Gasteiger partial charge < -0.3 is 0 Å². The molecule has 3 aromatic carbocycles. The molecule has 7 heteroatoms. The van der Waals surface area contributed by atoms with E-state index >= 15 is 0 Å². The molecule has 0 atom stereocenters. The first-order valence-electron chi connectivity index (χ1n) is 11.6. The van der Waals surface area contributed by atoms with Crippen LogP contribution in [-0.2, 0) is 14.4 Å². The van der Waals surface area contributed by atoms with Gasteiger partial charge in [-0.2, -0.15) is 0 Å². The van der Waals surface area contributed by atoms with Crippen LogP contribution in [0.3, 0.4) is 0 Å². The Morgan fingerprint density at radius 2 is 0.703 bits per heavy atom. The van der Waals surface area contributed by atoms with Gasteiger partial charge in [-0.15, -0.1) is 0 Å². The van der Waals surface area contributed by atoms with E-state index in [1.54, 1.807) is 20.8 Å². The summed E-state index contributed by atoms with van der Waals surface area (Å²) < 4.78 is 3.57. The monoisotopic (exact) mass is 601 g/mol. The van der Waals surface area contributed by atoms with Gasteiger partial charge in [0, 0.05) is 0 Å². The zero-order chi connectivity index (χ0) is 27.1. The van der Waals surface area contributed by atoms with Gasteiger partial charge in [0.1, 0.15) is 0 Å². The third kappa shape index (κ3) is 7.55. The zero-order valence-corrected chi connectivity index (χ0v) is 23.8. The summed E-state index contributed by atoms with van der Waals surface area (Å²) in [5.41, 5.74) is 3.43. The summed E-state index contributed by atoms with van der Waals surface area (Å²) >= 11 is -2.50. The summed E-state index contributed by atoms with van der Waals surface area (Å²) in [6.45, 7) is 16.0. The Kier molecular flexibility index (Phi) is 9.26. The average Bonchev–Trinajstić information content (AvgIpc) is 2.87. The van der Waals surface area contributed by atoms with Gasteiger partial charge in [0.2, 0.25) is 0 Å². The Hall–Kier alpha value is -3.89. The van der Waals surface area contributed by atoms with Crippen molar-refractivity contribution in [3.8, 4) is 0 Å². The van der Waals surface area contributed by atoms with Crippen LogP contribution in [0.5, 0.6) is 0 Å². The number of anilines is 3. The van der Waals surface area contributed by atoms with Crippen molar-refractivity contribution >= 4 is 65.5 Å². The van der Waals surface area contributed by atoms with Gasteiger partial charge in [0.25, 0.3) is 0 Å². The molecule has 3 rings (SSSR count). The molecule has 0 heterocycles. The third-order valence-electron chi connectivity index (χ3n) is 5.31. The Morgan fingerprint density at radius 3 is 0.892 bits per heavy atom. The fraction of sp³-hybridized carbons (Fsp3) is 0.100. The molecule has 3 aromatic rings. The zero-order valence-electron chi connectivity index (χ0n) is 21.2. The quantitative estimate of drug-likeness (QED) is 0.258. The maximum absolute atomic E-state index is 12.0. The Morgan fingerprint density at radius 1 is 0.486 bits per heavy atom. The molecule has 0 bridgehead atoms. The predicted molar refractivity (Wildman–Crippen MR) is 154 cm³/mol. The van der Waals surface area contributed by atoms with Crippen molar-refractivity contribution in [3.63, 3.8) is 0 Å². The van der Waals surface area contributed by atoms with Crippen molar-refractivity contribution in [1.29, 1.82) is 0 Å². The van der Waals surface area contributed by atoms with Crippen molar-refractivity contribution in [2.75, 3.05) is 16.0 Å². The summed E-state index contributed by atoms with van der Waals surface area (Å²) in [6.07, 6.45) is 0. The van der Waals surface area contributed by atoms with E-state index in [9.17, 15) is 14.4 Å². The van der Waals surface area contributed by atoms with Crippen molar-refractivity contribution < 1.29 is 14.4 Å². The van der Waals surface area contributed by atoms with Crippen molar-refractivity contribution in [2.45, 2.75) is 20.8 Å². The van der Waals surface area contributed by atoms with Crippen LogP contribution in [0, 0.1) is 0 Å². The first-order valence-corrected chi connectivity index (χ1v) is 15.4. The van der Waals surface area contributed by atoms with Crippen molar-refractivity contribution in [3.05, 3.63) is 109 Å². The fourth-order valence-corrected chi connectivity index (χ4v) is 9.62. The molecule has 0 saturated carbocycles. The van der Waals surface area contributed by atoms with Gasteiger partial charge in [-0.1, -0.05) is 0 Å². The molecule has 6 nitrogen and oxygen atoms in total. The molecule has 188 valence electrons. The fourth-order valence-electron chi connectivity index (χ4n) is 3.24. The first kappa shape index (κ1) is 27.7. The van der Waals surface area contributed by atoms with Crippen LogP contribution in [0.25, 0.3) is 0 Å². The molecule has 0 spiro atoms. The van der Waals surface area contributed by atoms with Crippen LogP contribution in [-0.4, -0.2) is 37.9 Å². The number of rotatable bonds is 9. The summed E-state index contributed by atoms with van der Waals surface area (Å²) in [7, 11) is 0. The maximum atomic E-state index is 12.0. The van der Waals surface area contributed by atoms with E-state index in [1.807, 2.05) is 72.8 Å². The van der Waals surface area contributed by atoms with E-state index in [2.05, 4.69) is 35.7 Å². The van der Waals surface area contributed by atoms with Gasteiger partial charge >= 0.3 is 226 Å². The molecule has 0 radical (unpaired) electrons. The normalized spacial score (nSPS) is 10.4. The van der Waals surface area contributed by atoms with E-state index < -0.39 is 20.2 Å². The molecule has 0 aromatic heterocycles. The Balaban J connectivity index is 1.95. The van der Waals surface area contributed by atoms with E-state index in [0.29, 0.717) is 33.8 Å². The molecule has 0 aliphatic carbocycles. The second-order valence-corrected chi connectivity index (χ2v) is 15.0. The summed E-state index contributed by atoms with van der Waals surface area (Å²) in [6, 6.07) is 23.7. The molecule has 0 saturated heterocycles. The van der Waals surface area contributed by atoms with Crippen molar-refractivity contribution in [2.24, 2.45) is 0 Å². The number of hydrogen-bond donors (Lipinski definition) is 3. The van der Waals surface area contributed by atoms with E-state index in [-0.39, 0.29) is 17.7 Å². The Labute approximate surface area is 225 Å². The minimum absolute atomic E-state index is 0.217. The third-order valence-corrected chi connectivity index (χ3v) is 12.3. The molecule has 0 fully saturated rings. The van der Waals surface area contributed by atoms with Crippen LogP contribution in [0.4, 0.5) is 17.1 Å². The van der Waals surface area contributed by atoms with Gasteiger partial charge in [0.05, 0.1) is 0 Å². The summed E-state index contributed by atoms with van der Waals surface area (Å²) in [5.74, 6) is -0.652.